The lowest BCUT2D eigenvalue weighted by Crippen LogP contribution is -2.29. The van der Waals surface area contributed by atoms with Crippen LogP contribution in [0.15, 0.2) is 18.3 Å². The average molecular weight is 217 g/mol. The number of carbonyl (C=O) groups is 1. The molecule has 1 heterocycles. The zero-order chi connectivity index (χ0) is 8.43. The van der Waals surface area contributed by atoms with Crippen LogP contribution in [-0.2, 0) is 0 Å². The number of aromatic carboxylic acids is 1. The van der Waals surface area contributed by atoms with Gasteiger partial charge in [-0.2, -0.15) is 0 Å². The summed E-state index contributed by atoms with van der Waals surface area (Å²) in [5, 5.41) is 8.61. The quantitative estimate of drug-likeness (QED) is 0.766. The molecule has 0 saturated heterocycles. The van der Waals surface area contributed by atoms with Gasteiger partial charge in [0.2, 0.25) is 0 Å². The fraction of sp³-hybridized carbons (Fsp3) is 0.143. The second-order valence-corrected chi connectivity index (χ2v) is 2.97. The Morgan fingerprint density at radius 3 is 2.73 bits per heavy atom. The molecule has 1 N–H and O–H groups in total. The summed E-state index contributed by atoms with van der Waals surface area (Å²) in [6.07, 6.45) is 1.70. The van der Waals surface area contributed by atoms with Gasteiger partial charge in [-0.05, 0) is 13.0 Å². The number of carboxylic acid groups (broad SMARTS) is 1. The Labute approximate surface area is 72.6 Å². The lowest BCUT2D eigenvalue weighted by atomic mass is 10.3. The summed E-state index contributed by atoms with van der Waals surface area (Å²) in [5.74, 6) is -0.943. The summed E-state index contributed by atoms with van der Waals surface area (Å²) in [6, 6.07) is 3.30. The molecule has 0 radical (unpaired) electrons. The van der Waals surface area contributed by atoms with Gasteiger partial charge < -0.3 is 5.11 Å². The second kappa shape index (κ2) is 3.00. The third-order valence-corrected chi connectivity index (χ3v) is 1.86. The molecule has 0 aliphatic carbocycles. The molecule has 1 rings (SSSR count). The normalized spacial score (nSPS) is 9.64. The molecule has 11 heavy (non-hydrogen) atoms. The molecular weight excluding hydrogens is 210 g/mol. The van der Waals surface area contributed by atoms with E-state index in [0.29, 0.717) is 0 Å². The van der Waals surface area contributed by atoms with Crippen LogP contribution in [0.2, 0.25) is 0 Å². The maximum Gasteiger partial charge on any atom is 0.402 e. The smallest absolute Gasteiger partial charge is 0.402 e. The highest BCUT2D eigenvalue weighted by Crippen LogP contribution is 1.97. The predicted molar refractivity (Wildman–Crippen MR) is 42.7 cm³/mol. The summed E-state index contributed by atoms with van der Waals surface area (Å²) >= 11 is 3.08. The van der Waals surface area contributed by atoms with Crippen LogP contribution >= 0.6 is 16.1 Å². The van der Waals surface area contributed by atoms with Gasteiger partial charge in [0.1, 0.15) is 0 Å². The minimum atomic E-state index is -0.943. The Hall–Kier alpha value is -0.900. The third-order valence-electron chi connectivity index (χ3n) is 1.27. The Morgan fingerprint density at radius 2 is 2.27 bits per heavy atom. The standard InChI is InChI=1S/C7H6BrNO2/c1-5-2-3-6(7(10)11)9(8)4-5/h2-4H,1H3/p+1. The first-order chi connectivity index (χ1) is 5.11. The molecule has 0 amide bonds. The molecule has 0 atom stereocenters. The van der Waals surface area contributed by atoms with Gasteiger partial charge in [0.05, 0.1) is 0 Å². The van der Waals surface area contributed by atoms with Crippen LogP contribution in [0.1, 0.15) is 16.1 Å². The monoisotopic (exact) mass is 216 g/mol. The van der Waals surface area contributed by atoms with Crippen molar-refractivity contribution in [1.82, 2.24) is 0 Å². The minimum Gasteiger partial charge on any atom is -0.473 e. The van der Waals surface area contributed by atoms with E-state index in [4.69, 9.17) is 5.11 Å². The van der Waals surface area contributed by atoms with Crippen LogP contribution in [0.3, 0.4) is 0 Å². The highest BCUT2D eigenvalue weighted by atomic mass is 79.9. The SMILES string of the molecule is Cc1ccc(C(=O)O)[n+](Br)c1. The van der Waals surface area contributed by atoms with Gasteiger partial charge in [0.15, 0.2) is 6.20 Å². The van der Waals surface area contributed by atoms with Crippen LogP contribution in [0.25, 0.3) is 0 Å². The largest absolute Gasteiger partial charge is 0.473 e. The number of halogens is 1. The van der Waals surface area contributed by atoms with Crippen molar-refractivity contribution in [1.29, 1.82) is 0 Å². The van der Waals surface area contributed by atoms with Crippen molar-refractivity contribution in [2.75, 3.05) is 0 Å². The summed E-state index contributed by atoms with van der Waals surface area (Å²) in [6.45, 7) is 1.89. The van der Waals surface area contributed by atoms with Crippen molar-refractivity contribution in [2.24, 2.45) is 0 Å². The fourth-order valence-electron chi connectivity index (χ4n) is 0.736. The van der Waals surface area contributed by atoms with Crippen molar-refractivity contribution >= 4 is 22.1 Å². The van der Waals surface area contributed by atoms with E-state index >= 15 is 0 Å². The van der Waals surface area contributed by atoms with Crippen LogP contribution in [0.4, 0.5) is 0 Å². The van der Waals surface area contributed by atoms with Crippen LogP contribution in [0.5, 0.6) is 0 Å². The van der Waals surface area contributed by atoms with E-state index < -0.39 is 5.97 Å². The molecule has 1 aromatic heterocycles. The number of aryl methyl sites for hydroxylation is 1. The number of pyridine rings is 1. The van der Waals surface area contributed by atoms with E-state index in [0.717, 1.165) is 5.56 Å². The Bertz CT molecular complexity index is 298. The maximum absolute atomic E-state index is 10.5. The maximum atomic E-state index is 10.5. The Morgan fingerprint density at radius 1 is 1.64 bits per heavy atom. The highest BCUT2D eigenvalue weighted by molar-refractivity contribution is 9.04. The van der Waals surface area contributed by atoms with E-state index in [-0.39, 0.29) is 5.69 Å². The van der Waals surface area contributed by atoms with E-state index in [1.165, 1.54) is 3.59 Å². The van der Waals surface area contributed by atoms with Gasteiger partial charge in [-0.25, -0.2) is 4.79 Å². The lowest BCUT2D eigenvalue weighted by molar-refractivity contribution is -0.478. The molecule has 0 bridgehead atoms. The number of rotatable bonds is 1. The summed E-state index contributed by atoms with van der Waals surface area (Å²) in [5.41, 5.74) is 1.22. The molecule has 3 nitrogen and oxygen atoms in total. The van der Waals surface area contributed by atoms with Gasteiger partial charge in [-0.15, -0.1) is 3.59 Å². The first-order valence-electron chi connectivity index (χ1n) is 3.03. The van der Waals surface area contributed by atoms with E-state index in [2.05, 4.69) is 16.1 Å². The minimum absolute atomic E-state index is 0.218. The van der Waals surface area contributed by atoms with Crippen LogP contribution in [0, 0.1) is 6.92 Å². The molecule has 0 unspecified atom stereocenters. The molecule has 0 aliphatic rings. The molecule has 4 heteroatoms. The number of nitrogens with zero attached hydrogens (tertiary/aromatic N) is 1. The van der Waals surface area contributed by atoms with Gasteiger partial charge in [-0.1, -0.05) is 0 Å². The fourth-order valence-corrected chi connectivity index (χ4v) is 1.33. The van der Waals surface area contributed by atoms with Crippen LogP contribution in [-0.4, -0.2) is 11.1 Å². The molecular formula is C7H7BrNO2+. The summed E-state index contributed by atoms with van der Waals surface area (Å²) < 4.78 is 1.41. The van der Waals surface area contributed by atoms with Crippen molar-refractivity contribution in [3.05, 3.63) is 29.6 Å². The zero-order valence-corrected chi connectivity index (χ0v) is 7.50. The number of carboxylic acids is 1. The molecule has 1 aromatic rings. The first-order valence-corrected chi connectivity index (χ1v) is 3.74. The van der Waals surface area contributed by atoms with Crippen molar-refractivity contribution in [3.8, 4) is 0 Å². The van der Waals surface area contributed by atoms with Gasteiger partial charge in [0, 0.05) is 11.6 Å². The number of aromatic nitrogens is 1. The highest BCUT2D eigenvalue weighted by Gasteiger charge is 2.15. The summed E-state index contributed by atoms with van der Waals surface area (Å²) in [7, 11) is 0. The Kier molecular flexibility index (Phi) is 2.24. The number of hydrogen-bond donors (Lipinski definition) is 1. The van der Waals surface area contributed by atoms with E-state index in [9.17, 15) is 4.79 Å². The Balaban J connectivity index is 3.20. The molecule has 0 aliphatic heterocycles. The van der Waals surface area contributed by atoms with Gasteiger partial charge in [-0.3, -0.25) is 0 Å². The molecule has 0 fully saturated rings. The van der Waals surface area contributed by atoms with Crippen LogP contribution < -0.4 is 3.59 Å². The molecule has 0 aromatic carbocycles. The third kappa shape index (κ3) is 1.77. The predicted octanol–water partition coefficient (Wildman–Crippen LogP) is 1.14. The molecule has 0 spiro atoms. The van der Waals surface area contributed by atoms with Crippen molar-refractivity contribution in [3.63, 3.8) is 0 Å². The van der Waals surface area contributed by atoms with Gasteiger partial charge >= 0.3 is 27.8 Å². The summed E-state index contributed by atoms with van der Waals surface area (Å²) in [4.78, 5) is 10.5. The second-order valence-electron chi connectivity index (χ2n) is 2.21. The van der Waals surface area contributed by atoms with Crippen molar-refractivity contribution in [2.45, 2.75) is 6.92 Å². The molecule has 0 saturated carbocycles. The molecule has 58 valence electrons. The topological polar surface area (TPSA) is 41.2 Å². The number of hydrogen-bond acceptors (Lipinski definition) is 1. The average Bonchev–Trinajstić information content (AvgIpc) is 1.85. The lowest BCUT2D eigenvalue weighted by Gasteiger charge is -1.90. The van der Waals surface area contributed by atoms with Crippen molar-refractivity contribution < 1.29 is 13.5 Å². The van der Waals surface area contributed by atoms with E-state index in [1.54, 1.807) is 18.3 Å². The first kappa shape index (κ1) is 8.20. The van der Waals surface area contributed by atoms with E-state index in [1.807, 2.05) is 6.92 Å². The zero-order valence-electron chi connectivity index (χ0n) is 5.91. The van der Waals surface area contributed by atoms with Gasteiger partial charge in [0.25, 0.3) is 0 Å².